The van der Waals surface area contributed by atoms with Gasteiger partial charge in [-0.05, 0) is 12.1 Å². The maximum absolute atomic E-state index is 10.6. The topological polar surface area (TPSA) is 37.3 Å². The maximum atomic E-state index is 10.6. The molecule has 0 aromatic heterocycles. The molecule has 2 nitrogen and oxygen atoms in total. The fourth-order valence-corrected chi connectivity index (χ4v) is 0.844. The second-order valence-corrected chi connectivity index (χ2v) is 2.23. The first-order chi connectivity index (χ1) is 4.72. The molecule has 0 aliphatic rings. The zero-order valence-corrected chi connectivity index (χ0v) is 9.68. The molecule has 1 aromatic rings. The van der Waals surface area contributed by atoms with Crippen molar-refractivity contribution in [1.29, 1.82) is 0 Å². The third-order valence-electron chi connectivity index (χ3n) is 1.13. The Bertz CT molecular complexity index is 262. The van der Waals surface area contributed by atoms with E-state index in [1.165, 1.54) is 12.1 Å². The van der Waals surface area contributed by atoms with Crippen LogP contribution in [-0.4, -0.2) is 10.2 Å². The average Bonchev–Trinajstić information content (AvgIpc) is 1.88. The number of benzene rings is 1. The van der Waals surface area contributed by atoms with Crippen LogP contribution in [0.5, 0.6) is 5.75 Å². The first-order valence-corrected chi connectivity index (χ1v) is 3.18. The van der Waals surface area contributed by atoms with Gasteiger partial charge in [0.1, 0.15) is 5.75 Å². The minimum absolute atomic E-state index is 0. The minimum Gasteiger partial charge on any atom is -0.507 e. The van der Waals surface area contributed by atoms with Gasteiger partial charge in [-0.3, -0.25) is 4.79 Å². The van der Waals surface area contributed by atoms with Crippen LogP contribution in [0.15, 0.2) is 24.3 Å². The number of carbonyl (C=O) groups excluding carboxylic acids is 1. The summed E-state index contributed by atoms with van der Waals surface area (Å²) in [5.74, 6) is -0.0255. The van der Waals surface area contributed by atoms with Crippen LogP contribution in [0.3, 0.4) is 0 Å². The Morgan fingerprint density at radius 2 is 1.91 bits per heavy atom. The van der Waals surface area contributed by atoms with E-state index in [-0.39, 0.29) is 30.8 Å². The smallest absolute Gasteiger partial charge is 0.220 e. The van der Waals surface area contributed by atoms with Gasteiger partial charge < -0.3 is 5.11 Å². The van der Waals surface area contributed by atoms with E-state index in [1.807, 2.05) is 0 Å². The molecule has 0 saturated heterocycles. The molecule has 0 fully saturated rings. The molecular weight excluding hydrogens is 214 g/mol. The normalized spacial score (nSPS) is 8.45. The number of phenols is 1. The number of thiol groups is 1. The molecule has 0 amide bonds. The van der Waals surface area contributed by atoms with E-state index in [0.29, 0.717) is 0 Å². The van der Waals surface area contributed by atoms with E-state index in [4.69, 9.17) is 5.11 Å². The van der Waals surface area contributed by atoms with E-state index in [9.17, 15) is 4.79 Å². The molecule has 1 rings (SSSR count). The maximum Gasteiger partial charge on any atom is 0.220 e. The van der Waals surface area contributed by atoms with Gasteiger partial charge >= 0.3 is 0 Å². The Balaban J connectivity index is 0.000001000. The monoisotopic (exact) mass is 218 g/mol. The molecule has 0 atom stereocenters. The first kappa shape index (κ1) is 10.7. The summed E-state index contributed by atoms with van der Waals surface area (Å²) in [6, 6.07) is 6.28. The molecule has 54 valence electrons. The Kier molecular flexibility index (Phi) is 4.38. The Morgan fingerprint density at radius 3 is 2.27 bits per heavy atom. The zero-order chi connectivity index (χ0) is 7.56. The molecule has 0 aliphatic heterocycles. The molecule has 4 heteroatoms. The van der Waals surface area contributed by atoms with Gasteiger partial charge in [0, 0.05) is 19.5 Å². The Labute approximate surface area is 82.8 Å². The molecule has 0 unspecified atom stereocenters. The number of hydrogen-bond donors (Lipinski definition) is 2. The number of phenolic OH excluding ortho intramolecular Hbond substituents is 1. The predicted molar refractivity (Wildman–Crippen MR) is 41.4 cm³/mol. The minimum atomic E-state index is -0.418. The van der Waals surface area contributed by atoms with Gasteiger partial charge in [-0.2, -0.15) is 0 Å². The van der Waals surface area contributed by atoms with E-state index in [2.05, 4.69) is 12.6 Å². The van der Waals surface area contributed by atoms with Crippen molar-refractivity contribution in [2.75, 3.05) is 0 Å². The molecule has 0 saturated carbocycles. The van der Waals surface area contributed by atoms with Crippen molar-refractivity contribution in [3.63, 3.8) is 0 Å². The molecule has 11 heavy (non-hydrogen) atoms. The van der Waals surface area contributed by atoms with Crippen LogP contribution in [0.2, 0.25) is 0 Å². The molecule has 0 spiro atoms. The summed E-state index contributed by atoms with van der Waals surface area (Å²) in [4.78, 5) is 10.6. The summed E-state index contributed by atoms with van der Waals surface area (Å²) < 4.78 is 0. The van der Waals surface area contributed by atoms with Gasteiger partial charge in [-0.1, -0.05) is 12.1 Å². The van der Waals surface area contributed by atoms with Crippen LogP contribution in [0, 0.1) is 0 Å². The SMILES string of the molecule is O=C(S)c1ccccc1O.[Zn]. The quantitative estimate of drug-likeness (QED) is 0.554. The van der Waals surface area contributed by atoms with Crippen molar-refractivity contribution in [1.82, 2.24) is 0 Å². The van der Waals surface area contributed by atoms with Crippen molar-refractivity contribution < 1.29 is 29.4 Å². The van der Waals surface area contributed by atoms with E-state index >= 15 is 0 Å². The largest absolute Gasteiger partial charge is 0.507 e. The number of hydrogen-bond acceptors (Lipinski definition) is 2. The second kappa shape index (κ2) is 4.52. The zero-order valence-electron chi connectivity index (χ0n) is 5.82. The Hall–Kier alpha value is -0.337. The van der Waals surface area contributed by atoms with Gasteiger partial charge in [0.2, 0.25) is 5.12 Å². The molecule has 0 heterocycles. The van der Waals surface area contributed by atoms with Gasteiger partial charge in [0.05, 0.1) is 5.56 Å². The average molecular weight is 220 g/mol. The van der Waals surface area contributed by atoms with Crippen molar-refractivity contribution in [3.05, 3.63) is 29.8 Å². The van der Waals surface area contributed by atoms with Gasteiger partial charge in [-0.15, -0.1) is 12.6 Å². The molecule has 1 aromatic carbocycles. The molecule has 0 aliphatic carbocycles. The molecule has 0 bridgehead atoms. The van der Waals surface area contributed by atoms with Gasteiger partial charge in [-0.25, -0.2) is 0 Å². The molecule has 1 N–H and O–H groups in total. The number of rotatable bonds is 1. The fourth-order valence-electron chi connectivity index (χ4n) is 0.654. The number of aromatic hydroxyl groups is 1. The standard InChI is InChI=1S/C7H6O2S.Zn/c8-6-4-2-1-3-5(6)7(9)10;/h1-4,8H,(H,9,10);. The van der Waals surface area contributed by atoms with Crippen molar-refractivity contribution in [3.8, 4) is 5.75 Å². The summed E-state index contributed by atoms with van der Waals surface area (Å²) in [7, 11) is 0. The summed E-state index contributed by atoms with van der Waals surface area (Å²) in [5.41, 5.74) is 0.242. The van der Waals surface area contributed by atoms with Crippen LogP contribution in [0.4, 0.5) is 0 Å². The van der Waals surface area contributed by atoms with E-state index in [1.54, 1.807) is 12.1 Å². The van der Waals surface area contributed by atoms with Crippen LogP contribution in [0.25, 0.3) is 0 Å². The predicted octanol–water partition coefficient (Wildman–Crippen LogP) is 1.46. The third kappa shape index (κ3) is 2.64. The molecular formula is C7H6O2SZn. The molecule has 0 radical (unpaired) electrons. The van der Waals surface area contributed by atoms with Gasteiger partial charge in [0.15, 0.2) is 0 Å². The third-order valence-corrected chi connectivity index (χ3v) is 1.38. The van der Waals surface area contributed by atoms with E-state index in [0.717, 1.165) is 0 Å². The first-order valence-electron chi connectivity index (χ1n) is 2.73. The van der Waals surface area contributed by atoms with Crippen LogP contribution in [-0.2, 0) is 19.5 Å². The van der Waals surface area contributed by atoms with Crippen LogP contribution in [0.1, 0.15) is 10.4 Å². The van der Waals surface area contributed by atoms with Crippen molar-refractivity contribution in [2.24, 2.45) is 0 Å². The summed E-state index contributed by atoms with van der Waals surface area (Å²) in [6.07, 6.45) is 0. The summed E-state index contributed by atoms with van der Waals surface area (Å²) in [6.45, 7) is 0. The van der Waals surface area contributed by atoms with E-state index < -0.39 is 5.12 Å². The summed E-state index contributed by atoms with van der Waals surface area (Å²) >= 11 is 3.56. The van der Waals surface area contributed by atoms with Crippen LogP contribution < -0.4 is 0 Å². The summed E-state index contributed by atoms with van der Waals surface area (Å²) in [5, 5.41) is 8.59. The fraction of sp³-hybridized carbons (Fsp3) is 0. The van der Waals surface area contributed by atoms with Crippen molar-refractivity contribution >= 4 is 17.7 Å². The number of para-hydroxylation sites is 1. The number of carbonyl (C=O) groups is 1. The second-order valence-electron chi connectivity index (χ2n) is 1.82. The Morgan fingerprint density at radius 1 is 1.36 bits per heavy atom. The van der Waals surface area contributed by atoms with Crippen LogP contribution >= 0.6 is 12.6 Å². The van der Waals surface area contributed by atoms with Crippen molar-refractivity contribution in [2.45, 2.75) is 0 Å². The van der Waals surface area contributed by atoms with Gasteiger partial charge in [0.25, 0.3) is 0 Å².